The van der Waals surface area contributed by atoms with Gasteiger partial charge >= 0.3 is 6.03 Å². The van der Waals surface area contributed by atoms with Gasteiger partial charge in [0.25, 0.3) is 0 Å². The lowest BCUT2D eigenvalue weighted by Gasteiger charge is -2.18. The van der Waals surface area contributed by atoms with Crippen LogP contribution in [0, 0.1) is 0 Å². The molecule has 19 heavy (non-hydrogen) atoms. The zero-order valence-corrected chi connectivity index (χ0v) is 11.4. The van der Waals surface area contributed by atoms with Crippen molar-refractivity contribution in [3.63, 3.8) is 0 Å². The first kappa shape index (κ1) is 12.4. The lowest BCUT2D eigenvalue weighted by Crippen LogP contribution is -2.36. The monoisotopic (exact) mass is 277 g/mol. The van der Waals surface area contributed by atoms with Gasteiger partial charge in [-0.05, 0) is 25.5 Å². The van der Waals surface area contributed by atoms with Crippen molar-refractivity contribution in [2.45, 2.75) is 18.9 Å². The number of para-hydroxylation sites is 1. The van der Waals surface area contributed by atoms with Crippen molar-refractivity contribution in [2.75, 3.05) is 18.4 Å². The molecule has 1 fully saturated rings. The number of hydrogen-bond acceptors (Lipinski definition) is 4. The molecule has 0 bridgehead atoms. The van der Waals surface area contributed by atoms with Crippen molar-refractivity contribution in [1.82, 2.24) is 9.88 Å². The summed E-state index contributed by atoms with van der Waals surface area (Å²) in [6, 6.07) is 7.57. The minimum Gasteiger partial charge on any atom is -0.388 e. The number of β-amino-alcohol motifs (C(OH)–C–C–N with tert-alkyl or cyclic N) is 1. The van der Waals surface area contributed by atoms with E-state index in [1.807, 2.05) is 24.3 Å². The highest BCUT2D eigenvalue weighted by molar-refractivity contribution is 7.22. The molecular weight excluding hydrogens is 262 g/mol. The zero-order chi connectivity index (χ0) is 13.5. The van der Waals surface area contributed by atoms with E-state index >= 15 is 0 Å². The molecule has 0 radical (unpaired) electrons. The zero-order valence-electron chi connectivity index (χ0n) is 10.6. The van der Waals surface area contributed by atoms with Crippen molar-refractivity contribution in [3.8, 4) is 0 Å². The number of hydrogen-bond donors (Lipinski definition) is 2. The molecular formula is C13H15N3O2S. The highest BCUT2D eigenvalue weighted by atomic mass is 32.1. The number of likely N-dealkylation sites (tertiary alicyclic amines) is 1. The largest absolute Gasteiger partial charge is 0.388 e. The van der Waals surface area contributed by atoms with Crippen molar-refractivity contribution in [3.05, 3.63) is 24.3 Å². The van der Waals surface area contributed by atoms with E-state index in [4.69, 9.17) is 0 Å². The van der Waals surface area contributed by atoms with Gasteiger partial charge in [-0.15, -0.1) is 0 Å². The summed E-state index contributed by atoms with van der Waals surface area (Å²) in [6.45, 7) is 2.69. The van der Waals surface area contributed by atoms with E-state index in [9.17, 15) is 9.90 Å². The fourth-order valence-electron chi connectivity index (χ4n) is 2.21. The first-order valence-corrected chi connectivity index (χ1v) is 6.99. The molecule has 5 nitrogen and oxygen atoms in total. The van der Waals surface area contributed by atoms with Gasteiger partial charge in [-0.3, -0.25) is 5.32 Å². The Morgan fingerprint density at radius 1 is 1.53 bits per heavy atom. The van der Waals surface area contributed by atoms with Gasteiger partial charge < -0.3 is 10.0 Å². The van der Waals surface area contributed by atoms with Crippen molar-refractivity contribution >= 4 is 32.7 Å². The molecule has 1 aliphatic heterocycles. The van der Waals surface area contributed by atoms with E-state index in [0.29, 0.717) is 24.6 Å². The quantitative estimate of drug-likeness (QED) is 0.840. The summed E-state index contributed by atoms with van der Waals surface area (Å²) in [5.74, 6) is 0. The van der Waals surface area contributed by atoms with Crippen LogP contribution in [0.25, 0.3) is 10.2 Å². The Balaban J connectivity index is 1.73. The molecule has 2 amide bonds. The average Bonchev–Trinajstić information content (AvgIpc) is 2.91. The second kappa shape index (κ2) is 4.47. The summed E-state index contributed by atoms with van der Waals surface area (Å²) in [6.07, 6.45) is 0.611. The van der Waals surface area contributed by atoms with Crippen LogP contribution in [0.15, 0.2) is 24.3 Å². The van der Waals surface area contributed by atoms with Crippen molar-refractivity contribution in [1.29, 1.82) is 0 Å². The molecule has 0 aliphatic carbocycles. The number of amides is 2. The summed E-state index contributed by atoms with van der Waals surface area (Å²) >= 11 is 1.45. The molecule has 1 aliphatic rings. The number of anilines is 1. The first-order chi connectivity index (χ1) is 9.03. The third kappa shape index (κ3) is 2.54. The van der Waals surface area contributed by atoms with E-state index in [2.05, 4.69) is 10.3 Å². The van der Waals surface area contributed by atoms with E-state index < -0.39 is 5.60 Å². The normalized spacial score (nSPS) is 22.9. The Kier molecular flexibility index (Phi) is 2.91. The van der Waals surface area contributed by atoms with Crippen LogP contribution in [-0.2, 0) is 0 Å². The summed E-state index contributed by atoms with van der Waals surface area (Å²) in [5.41, 5.74) is 0.113. The number of nitrogens with one attached hydrogen (secondary N) is 1. The number of carbonyl (C=O) groups is 1. The summed E-state index contributed by atoms with van der Waals surface area (Å²) < 4.78 is 1.05. The number of carbonyl (C=O) groups excluding carboxylic acids is 1. The van der Waals surface area contributed by atoms with Crippen LogP contribution in [0.5, 0.6) is 0 Å². The molecule has 1 aromatic carbocycles. The van der Waals surface area contributed by atoms with Crippen LogP contribution < -0.4 is 5.32 Å². The lowest BCUT2D eigenvalue weighted by molar-refractivity contribution is 0.0727. The number of benzene rings is 1. The predicted molar refractivity (Wildman–Crippen MR) is 75.5 cm³/mol. The molecule has 3 rings (SSSR count). The second-order valence-corrected chi connectivity index (χ2v) is 6.12. The van der Waals surface area contributed by atoms with Crippen LogP contribution in [-0.4, -0.2) is 39.7 Å². The number of urea groups is 1. The number of fused-ring (bicyclic) bond motifs is 1. The van der Waals surface area contributed by atoms with Crippen molar-refractivity contribution < 1.29 is 9.90 Å². The number of thiazole rings is 1. The van der Waals surface area contributed by atoms with E-state index in [1.54, 1.807) is 11.8 Å². The summed E-state index contributed by atoms with van der Waals surface area (Å²) in [5, 5.41) is 13.2. The molecule has 2 aromatic rings. The highest BCUT2D eigenvalue weighted by Gasteiger charge is 2.34. The van der Waals surface area contributed by atoms with Crippen LogP contribution in [0.2, 0.25) is 0 Å². The fourth-order valence-corrected chi connectivity index (χ4v) is 3.07. The first-order valence-electron chi connectivity index (χ1n) is 6.17. The smallest absolute Gasteiger partial charge is 0.323 e. The molecule has 100 valence electrons. The number of aromatic nitrogens is 1. The number of rotatable bonds is 1. The second-order valence-electron chi connectivity index (χ2n) is 5.09. The van der Waals surface area contributed by atoms with Crippen LogP contribution in [0.3, 0.4) is 0 Å². The maximum Gasteiger partial charge on any atom is 0.323 e. The van der Waals surface area contributed by atoms with E-state index in [1.165, 1.54) is 11.3 Å². The molecule has 1 aromatic heterocycles. The molecule has 0 saturated carbocycles. The van der Waals surface area contributed by atoms with Gasteiger partial charge in [-0.25, -0.2) is 9.78 Å². The van der Waals surface area contributed by atoms with Crippen LogP contribution in [0.1, 0.15) is 13.3 Å². The number of aliphatic hydroxyl groups is 1. The molecule has 6 heteroatoms. The molecule has 2 N–H and O–H groups in total. The Morgan fingerprint density at radius 2 is 2.32 bits per heavy atom. The highest BCUT2D eigenvalue weighted by Crippen LogP contribution is 2.26. The Bertz CT molecular complexity index is 590. The van der Waals surface area contributed by atoms with Gasteiger partial charge in [-0.2, -0.15) is 0 Å². The third-order valence-corrected chi connectivity index (χ3v) is 4.20. The third-order valence-electron chi connectivity index (χ3n) is 3.25. The van der Waals surface area contributed by atoms with Gasteiger partial charge in [0.15, 0.2) is 5.13 Å². The Hall–Kier alpha value is -1.66. The van der Waals surface area contributed by atoms with Crippen LogP contribution >= 0.6 is 11.3 Å². The average molecular weight is 277 g/mol. The molecule has 1 saturated heterocycles. The minimum atomic E-state index is -0.773. The lowest BCUT2D eigenvalue weighted by atomic mass is 10.1. The molecule has 2 heterocycles. The molecule has 0 spiro atoms. The predicted octanol–water partition coefficient (Wildman–Crippen LogP) is 2.28. The van der Waals surface area contributed by atoms with Crippen LogP contribution in [0.4, 0.5) is 9.93 Å². The van der Waals surface area contributed by atoms with E-state index in [0.717, 1.165) is 10.2 Å². The Labute approximate surface area is 114 Å². The van der Waals surface area contributed by atoms with Gasteiger partial charge in [0.2, 0.25) is 0 Å². The van der Waals surface area contributed by atoms with Gasteiger partial charge in [0.1, 0.15) is 0 Å². The maximum absolute atomic E-state index is 12.0. The summed E-state index contributed by atoms with van der Waals surface area (Å²) in [7, 11) is 0. The molecule has 1 unspecified atom stereocenters. The maximum atomic E-state index is 12.0. The van der Waals surface area contributed by atoms with Gasteiger partial charge in [0, 0.05) is 6.54 Å². The van der Waals surface area contributed by atoms with Gasteiger partial charge in [0.05, 0.1) is 22.4 Å². The fraction of sp³-hybridized carbons (Fsp3) is 0.385. The number of nitrogens with zero attached hydrogens (tertiary/aromatic N) is 2. The van der Waals surface area contributed by atoms with Gasteiger partial charge in [-0.1, -0.05) is 23.5 Å². The SMILES string of the molecule is CC1(O)CCN(C(=O)Nc2nc3ccccc3s2)C1. The Morgan fingerprint density at radius 3 is 3.00 bits per heavy atom. The minimum absolute atomic E-state index is 0.197. The van der Waals surface area contributed by atoms with E-state index in [-0.39, 0.29) is 6.03 Å². The standard InChI is InChI=1S/C13H15N3O2S/c1-13(18)6-7-16(8-13)12(17)15-11-14-9-4-2-3-5-10(9)19-11/h2-5,18H,6-8H2,1H3,(H,14,15,17). The van der Waals surface area contributed by atoms with Crippen molar-refractivity contribution in [2.24, 2.45) is 0 Å². The topological polar surface area (TPSA) is 65.5 Å². The molecule has 1 atom stereocenters. The summed E-state index contributed by atoms with van der Waals surface area (Å²) in [4.78, 5) is 18.0.